The lowest BCUT2D eigenvalue weighted by molar-refractivity contribution is 0.599. The maximum Gasteiger partial charge on any atom is 0.261 e. The summed E-state index contributed by atoms with van der Waals surface area (Å²) in [4.78, 5) is -0.000344. The minimum absolute atomic E-state index is 0.000344. The Labute approximate surface area is 113 Å². The van der Waals surface area contributed by atoms with Crippen molar-refractivity contribution in [2.75, 3.05) is 4.72 Å². The zero-order valence-corrected chi connectivity index (χ0v) is 11.5. The van der Waals surface area contributed by atoms with Gasteiger partial charge in [-0.3, -0.25) is 4.72 Å². The highest BCUT2D eigenvalue weighted by atomic mass is 79.9. The van der Waals surface area contributed by atoms with E-state index in [-0.39, 0.29) is 9.37 Å². The molecule has 0 radical (unpaired) electrons. The van der Waals surface area contributed by atoms with Crippen LogP contribution in [0.15, 0.2) is 57.9 Å². The van der Waals surface area contributed by atoms with Crippen LogP contribution in [-0.4, -0.2) is 8.42 Å². The molecule has 0 atom stereocenters. The molecule has 0 amide bonds. The number of nitrogens with one attached hydrogen (secondary N) is 1. The smallest absolute Gasteiger partial charge is 0.261 e. The first-order valence-electron chi connectivity index (χ1n) is 5.02. The fourth-order valence-electron chi connectivity index (χ4n) is 1.36. The van der Waals surface area contributed by atoms with E-state index >= 15 is 0 Å². The largest absolute Gasteiger partial charge is 0.280 e. The van der Waals surface area contributed by atoms with E-state index in [1.165, 1.54) is 12.1 Å². The number of hydrogen-bond acceptors (Lipinski definition) is 2. The van der Waals surface area contributed by atoms with Gasteiger partial charge in [-0.15, -0.1) is 0 Å². The Morgan fingerprint density at radius 1 is 1.06 bits per heavy atom. The SMILES string of the molecule is O=S(=O)(Nc1ccccc1)c1ccc(F)c(Br)c1. The molecule has 0 saturated carbocycles. The third-order valence-corrected chi connectivity index (χ3v) is 4.21. The van der Waals surface area contributed by atoms with Gasteiger partial charge in [-0.25, -0.2) is 12.8 Å². The van der Waals surface area contributed by atoms with Crippen molar-refractivity contribution in [1.29, 1.82) is 0 Å². The minimum Gasteiger partial charge on any atom is -0.280 e. The minimum atomic E-state index is -3.70. The Morgan fingerprint density at radius 3 is 2.33 bits per heavy atom. The Bertz CT molecular complexity index is 659. The van der Waals surface area contributed by atoms with E-state index in [2.05, 4.69) is 20.7 Å². The van der Waals surface area contributed by atoms with Crippen molar-refractivity contribution in [2.45, 2.75) is 4.90 Å². The maximum absolute atomic E-state index is 13.1. The molecule has 0 saturated heterocycles. The van der Waals surface area contributed by atoms with Crippen molar-refractivity contribution in [3.8, 4) is 0 Å². The summed E-state index contributed by atoms with van der Waals surface area (Å²) in [6, 6.07) is 12.0. The molecule has 18 heavy (non-hydrogen) atoms. The molecular weight excluding hydrogens is 321 g/mol. The monoisotopic (exact) mass is 329 g/mol. The van der Waals surface area contributed by atoms with Crippen molar-refractivity contribution < 1.29 is 12.8 Å². The summed E-state index contributed by atoms with van der Waals surface area (Å²) in [5.41, 5.74) is 0.456. The zero-order valence-electron chi connectivity index (χ0n) is 9.10. The van der Waals surface area contributed by atoms with Crippen molar-refractivity contribution in [1.82, 2.24) is 0 Å². The van der Waals surface area contributed by atoms with E-state index in [0.29, 0.717) is 5.69 Å². The van der Waals surface area contributed by atoms with Crippen molar-refractivity contribution in [3.63, 3.8) is 0 Å². The molecule has 6 heteroatoms. The van der Waals surface area contributed by atoms with E-state index in [0.717, 1.165) is 6.07 Å². The van der Waals surface area contributed by atoms with Crippen molar-refractivity contribution in [2.24, 2.45) is 0 Å². The Hall–Kier alpha value is -1.40. The van der Waals surface area contributed by atoms with Crippen LogP contribution in [0.1, 0.15) is 0 Å². The van der Waals surface area contributed by atoms with Crippen LogP contribution in [0.4, 0.5) is 10.1 Å². The third-order valence-electron chi connectivity index (χ3n) is 2.23. The fraction of sp³-hybridized carbons (Fsp3) is 0. The second-order valence-corrected chi connectivity index (χ2v) is 6.08. The molecule has 94 valence electrons. The van der Waals surface area contributed by atoms with Crippen LogP contribution in [-0.2, 0) is 10.0 Å². The number of hydrogen-bond donors (Lipinski definition) is 1. The van der Waals surface area contributed by atoms with Crippen molar-refractivity contribution in [3.05, 3.63) is 58.8 Å². The molecule has 0 aliphatic rings. The molecule has 0 fully saturated rings. The van der Waals surface area contributed by atoms with E-state index in [4.69, 9.17) is 0 Å². The van der Waals surface area contributed by atoms with Gasteiger partial charge in [0, 0.05) is 5.69 Å². The third kappa shape index (κ3) is 2.88. The number of halogens is 2. The second-order valence-electron chi connectivity index (χ2n) is 3.55. The van der Waals surface area contributed by atoms with Gasteiger partial charge in [-0.2, -0.15) is 0 Å². The van der Waals surface area contributed by atoms with Gasteiger partial charge in [0.25, 0.3) is 10.0 Å². The van der Waals surface area contributed by atoms with Crippen LogP contribution >= 0.6 is 15.9 Å². The molecule has 0 bridgehead atoms. The van der Waals surface area contributed by atoms with Crippen LogP contribution in [0, 0.1) is 5.82 Å². The topological polar surface area (TPSA) is 46.2 Å². The maximum atomic E-state index is 13.1. The Kier molecular flexibility index (Phi) is 3.68. The predicted molar refractivity (Wildman–Crippen MR) is 71.4 cm³/mol. The zero-order chi connectivity index (χ0) is 13.2. The highest BCUT2D eigenvalue weighted by Gasteiger charge is 2.15. The summed E-state index contributed by atoms with van der Waals surface area (Å²) in [6.07, 6.45) is 0. The number of benzene rings is 2. The first-order chi connectivity index (χ1) is 8.49. The summed E-state index contributed by atoms with van der Waals surface area (Å²) in [7, 11) is -3.70. The van der Waals surface area contributed by atoms with Crippen molar-refractivity contribution >= 4 is 31.6 Å². The normalized spacial score (nSPS) is 11.2. The van der Waals surface area contributed by atoms with Gasteiger partial charge in [-0.1, -0.05) is 18.2 Å². The van der Waals surface area contributed by atoms with Crippen LogP contribution in [0.25, 0.3) is 0 Å². The molecule has 2 aromatic carbocycles. The molecule has 2 aromatic rings. The second kappa shape index (κ2) is 5.07. The van der Waals surface area contributed by atoms with E-state index in [1.807, 2.05) is 0 Å². The first kappa shape index (κ1) is 13.0. The van der Waals surface area contributed by atoms with Gasteiger partial charge < -0.3 is 0 Å². The molecule has 0 aromatic heterocycles. The molecule has 2 rings (SSSR count). The molecule has 0 aliphatic heterocycles. The lowest BCUT2D eigenvalue weighted by Crippen LogP contribution is -2.12. The van der Waals surface area contributed by atoms with Gasteiger partial charge in [0.05, 0.1) is 9.37 Å². The quantitative estimate of drug-likeness (QED) is 0.938. The van der Waals surface area contributed by atoms with E-state index < -0.39 is 15.8 Å². The van der Waals surface area contributed by atoms with Gasteiger partial charge >= 0.3 is 0 Å². The lowest BCUT2D eigenvalue weighted by atomic mass is 10.3. The highest BCUT2D eigenvalue weighted by molar-refractivity contribution is 9.10. The van der Waals surface area contributed by atoms with E-state index in [1.54, 1.807) is 30.3 Å². The fourth-order valence-corrected chi connectivity index (χ4v) is 2.98. The highest BCUT2D eigenvalue weighted by Crippen LogP contribution is 2.21. The average molecular weight is 330 g/mol. The van der Waals surface area contributed by atoms with Crippen LogP contribution in [0.5, 0.6) is 0 Å². The molecular formula is C12H9BrFNO2S. The van der Waals surface area contributed by atoms with Crippen LogP contribution in [0.3, 0.4) is 0 Å². The summed E-state index contributed by atoms with van der Waals surface area (Å²) >= 11 is 2.96. The molecule has 0 spiro atoms. The summed E-state index contributed by atoms with van der Waals surface area (Å²) in [6.45, 7) is 0. The standard InChI is InChI=1S/C12H9BrFNO2S/c13-11-8-10(6-7-12(11)14)18(16,17)15-9-4-2-1-3-5-9/h1-8,15H. The summed E-state index contributed by atoms with van der Waals surface area (Å²) in [5, 5.41) is 0. The van der Waals surface area contributed by atoms with Gasteiger partial charge in [0.1, 0.15) is 5.82 Å². The number of para-hydroxylation sites is 1. The van der Waals surface area contributed by atoms with Gasteiger partial charge in [0.15, 0.2) is 0 Å². The molecule has 3 nitrogen and oxygen atoms in total. The van der Waals surface area contributed by atoms with Gasteiger partial charge in [-0.05, 0) is 46.3 Å². The molecule has 0 aliphatic carbocycles. The predicted octanol–water partition coefficient (Wildman–Crippen LogP) is 3.39. The Morgan fingerprint density at radius 2 is 1.72 bits per heavy atom. The number of rotatable bonds is 3. The first-order valence-corrected chi connectivity index (χ1v) is 7.29. The van der Waals surface area contributed by atoms with Crippen LogP contribution in [0.2, 0.25) is 0 Å². The average Bonchev–Trinajstić information content (AvgIpc) is 2.33. The number of sulfonamides is 1. The summed E-state index contributed by atoms with van der Waals surface area (Å²) in [5.74, 6) is -0.506. The van der Waals surface area contributed by atoms with Crippen LogP contribution < -0.4 is 4.72 Å². The molecule has 0 unspecified atom stereocenters. The molecule has 1 N–H and O–H groups in total. The Balaban J connectivity index is 2.34. The number of anilines is 1. The van der Waals surface area contributed by atoms with Gasteiger partial charge in [0.2, 0.25) is 0 Å². The van der Waals surface area contributed by atoms with E-state index in [9.17, 15) is 12.8 Å². The summed E-state index contributed by atoms with van der Waals surface area (Å²) < 4.78 is 39.6. The lowest BCUT2D eigenvalue weighted by Gasteiger charge is -2.08. The molecule has 0 heterocycles.